The number of benzene rings is 1. The lowest BCUT2D eigenvalue weighted by Crippen LogP contribution is -2.11. The largest absolute Gasteiger partial charge is 0.396 e. The topological polar surface area (TPSA) is 88.2 Å². The maximum atomic E-state index is 14.6. The Kier molecular flexibility index (Phi) is 5.66. The Morgan fingerprint density at radius 2 is 1.93 bits per heavy atom. The van der Waals surface area contributed by atoms with Crippen molar-refractivity contribution in [2.24, 2.45) is 5.73 Å². The second-order valence-corrected chi connectivity index (χ2v) is 7.20. The molecule has 0 aliphatic heterocycles. The molecule has 4 N–H and O–H groups in total. The number of pyridine rings is 1. The van der Waals surface area contributed by atoms with Crippen LogP contribution in [0, 0.1) is 17.5 Å². The minimum atomic E-state index is -0.831. The van der Waals surface area contributed by atoms with E-state index in [9.17, 15) is 23.1 Å². The first kappa shape index (κ1) is 19.8. The third kappa shape index (κ3) is 4.00. The molecule has 1 unspecified atom stereocenters. The first-order valence-electron chi connectivity index (χ1n) is 8.22. The molecule has 0 radical (unpaired) electrons. The second kappa shape index (κ2) is 7.99. The van der Waals surface area contributed by atoms with Crippen molar-refractivity contribution in [1.82, 2.24) is 4.98 Å². The molecule has 1 atom stereocenters. The van der Waals surface area contributed by atoms with E-state index in [1.807, 2.05) is 0 Å². The van der Waals surface area contributed by atoms with E-state index in [1.54, 1.807) is 6.92 Å². The number of amides is 1. The van der Waals surface area contributed by atoms with Crippen LogP contribution in [0.4, 0.5) is 24.0 Å². The Morgan fingerprint density at radius 1 is 1.25 bits per heavy atom. The lowest BCUT2D eigenvalue weighted by atomic mass is 9.99. The molecule has 0 saturated carbocycles. The van der Waals surface area contributed by atoms with Gasteiger partial charge in [0.2, 0.25) is 0 Å². The quantitative estimate of drug-likeness (QED) is 0.572. The molecule has 0 bridgehead atoms. The minimum absolute atomic E-state index is 0.00216. The predicted molar refractivity (Wildman–Crippen MR) is 101 cm³/mol. The van der Waals surface area contributed by atoms with E-state index in [0.29, 0.717) is 5.56 Å². The number of aliphatic hydroxyl groups excluding tert-OH is 1. The van der Waals surface area contributed by atoms with Gasteiger partial charge in [0.05, 0.1) is 11.1 Å². The fourth-order valence-corrected chi connectivity index (χ4v) is 3.72. The number of hydrogen-bond acceptors (Lipinski definition) is 5. The van der Waals surface area contributed by atoms with Gasteiger partial charge in [-0.2, -0.15) is 0 Å². The van der Waals surface area contributed by atoms with Gasteiger partial charge in [-0.05, 0) is 29.8 Å². The zero-order valence-corrected chi connectivity index (χ0v) is 15.5. The fourth-order valence-electron chi connectivity index (χ4n) is 2.60. The van der Waals surface area contributed by atoms with Crippen molar-refractivity contribution in [2.75, 3.05) is 11.9 Å². The number of aliphatic hydroxyl groups is 1. The van der Waals surface area contributed by atoms with Crippen LogP contribution in [0.2, 0.25) is 0 Å². The number of nitrogens with two attached hydrogens (primary N) is 1. The second-order valence-electron chi connectivity index (χ2n) is 6.15. The van der Waals surface area contributed by atoms with Crippen LogP contribution in [0.5, 0.6) is 0 Å². The minimum Gasteiger partial charge on any atom is -0.396 e. The lowest BCUT2D eigenvalue weighted by Gasteiger charge is -2.11. The van der Waals surface area contributed by atoms with Crippen LogP contribution in [0.3, 0.4) is 0 Å². The maximum absolute atomic E-state index is 14.6. The normalized spacial score (nSPS) is 12.0. The van der Waals surface area contributed by atoms with Crippen molar-refractivity contribution in [1.29, 1.82) is 0 Å². The Hall–Kier alpha value is -2.91. The first-order valence-corrected chi connectivity index (χ1v) is 9.04. The van der Waals surface area contributed by atoms with Crippen LogP contribution in [-0.2, 0) is 0 Å². The molecule has 0 aliphatic carbocycles. The molecule has 0 aliphatic rings. The number of primary amides is 1. The fraction of sp³-hybridized carbons (Fsp3) is 0.158. The average Bonchev–Trinajstić information content (AvgIpc) is 3.04. The van der Waals surface area contributed by atoms with Crippen LogP contribution in [0.15, 0.2) is 36.5 Å². The Balaban J connectivity index is 2.05. The summed E-state index contributed by atoms with van der Waals surface area (Å²) in [6.07, 6.45) is 1.23. The summed E-state index contributed by atoms with van der Waals surface area (Å²) in [6, 6.07) is 5.82. The molecule has 3 rings (SSSR count). The van der Waals surface area contributed by atoms with Crippen molar-refractivity contribution in [2.45, 2.75) is 12.8 Å². The zero-order chi connectivity index (χ0) is 20.4. The lowest BCUT2D eigenvalue weighted by molar-refractivity contribution is 0.100. The zero-order valence-electron chi connectivity index (χ0n) is 14.7. The molecule has 0 fully saturated rings. The highest BCUT2D eigenvalue weighted by Gasteiger charge is 2.21. The van der Waals surface area contributed by atoms with Crippen molar-refractivity contribution in [3.63, 3.8) is 0 Å². The summed E-state index contributed by atoms with van der Waals surface area (Å²) in [7, 11) is 0. The summed E-state index contributed by atoms with van der Waals surface area (Å²) < 4.78 is 42.6. The van der Waals surface area contributed by atoms with Crippen molar-refractivity contribution in [3.05, 3.63) is 65.1 Å². The van der Waals surface area contributed by atoms with Gasteiger partial charge in [-0.1, -0.05) is 6.92 Å². The van der Waals surface area contributed by atoms with Gasteiger partial charge in [0, 0.05) is 29.7 Å². The molecule has 0 saturated heterocycles. The molecule has 0 spiro atoms. The van der Waals surface area contributed by atoms with Crippen LogP contribution < -0.4 is 11.1 Å². The molecule has 28 heavy (non-hydrogen) atoms. The molecular weight excluding hydrogens is 391 g/mol. The molecule has 1 amide bonds. The summed E-state index contributed by atoms with van der Waals surface area (Å²) >= 11 is 0.886. The van der Waals surface area contributed by atoms with E-state index >= 15 is 0 Å². The van der Waals surface area contributed by atoms with E-state index in [-0.39, 0.29) is 33.4 Å². The number of thiophene rings is 1. The number of nitrogens with one attached hydrogen (secondary N) is 1. The van der Waals surface area contributed by atoms with E-state index in [0.717, 1.165) is 35.6 Å². The number of aromatic nitrogens is 1. The van der Waals surface area contributed by atoms with Crippen LogP contribution in [0.1, 0.15) is 28.8 Å². The first-order chi connectivity index (χ1) is 13.3. The van der Waals surface area contributed by atoms with Crippen LogP contribution in [0.25, 0.3) is 10.4 Å². The van der Waals surface area contributed by atoms with Gasteiger partial charge < -0.3 is 16.2 Å². The highest BCUT2D eigenvalue weighted by molar-refractivity contribution is 7.20. The van der Waals surface area contributed by atoms with E-state index in [2.05, 4.69) is 10.3 Å². The molecule has 9 heteroatoms. The van der Waals surface area contributed by atoms with Gasteiger partial charge in [0.25, 0.3) is 5.91 Å². The summed E-state index contributed by atoms with van der Waals surface area (Å²) in [6.45, 7) is 1.38. The molecule has 5 nitrogen and oxygen atoms in total. The highest BCUT2D eigenvalue weighted by atomic mass is 32.1. The van der Waals surface area contributed by atoms with Crippen molar-refractivity contribution in [3.8, 4) is 10.4 Å². The van der Waals surface area contributed by atoms with E-state index in [4.69, 9.17) is 5.73 Å². The third-order valence-corrected chi connectivity index (χ3v) is 5.18. The summed E-state index contributed by atoms with van der Waals surface area (Å²) in [5, 5.41) is 12.1. The summed E-state index contributed by atoms with van der Waals surface area (Å²) in [5.41, 5.74) is 5.36. The Bertz CT molecular complexity index is 1020. The Labute approximate surface area is 162 Å². The number of nitrogens with zero attached hydrogens (tertiary/aromatic N) is 1. The average molecular weight is 407 g/mol. The number of anilines is 2. The smallest absolute Gasteiger partial charge is 0.251 e. The van der Waals surface area contributed by atoms with E-state index < -0.39 is 29.3 Å². The number of halogens is 3. The molecule has 146 valence electrons. The van der Waals surface area contributed by atoms with Gasteiger partial charge in [0.1, 0.15) is 28.3 Å². The van der Waals surface area contributed by atoms with Gasteiger partial charge in [-0.3, -0.25) is 4.79 Å². The molecule has 1 aromatic carbocycles. The van der Waals surface area contributed by atoms with Crippen LogP contribution in [-0.4, -0.2) is 22.6 Å². The van der Waals surface area contributed by atoms with Gasteiger partial charge in [-0.25, -0.2) is 18.2 Å². The number of carbonyl (C=O) groups is 1. The molecule has 2 heterocycles. The molecule has 2 aromatic heterocycles. The predicted octanol–water partition coefficient (Wildman–Crippen LogP) is 4.17. The van der Waals surface area contributed by atoms with Gasteiger partial charge >= 0.3 is 0 Å². The number of hydrogen-bond donors (Lipinski definition) is 3. The van der Waals surface area contributed by atoms with Crippen molar-refractivity contribution < 1.29 is 23.1 Å². The summed E-state index contributed by atoms with van der Waals surface area (Å²) in [4.78, 5) is 15.8. The number of rotatable bonds is 6. The van der Waals surface area contributed by atoms with Gasteiger partial charge in [-0.15, -0.1) is 11.3 Å². The maximum Gasteiger partial charge on any atom is 0.251 e. The van der Waals surface area contributed by atoms with Crippen LogP contribution >= 0.6 is 11.3 Å². The highest BCUT2D eigenvalue weighted by Crippen LogP contribution is 2.39. The van der Waals surface area contributed by atoms with Crippen molar-refractivity contribution >= 4 is 28.1 Å². The monoisotopic (exact) mass is 407 g/mol. The standard InChI is InChI=1S/C19H16F3N3O2S/c1-9(8-26)10-4-13(21)17(14(22)5-10)15-7-12(18(23)27)19(28-15)25-16-6-11(20)2-3-24-16/h2-7,9,26H,8H2,1H3,(H2,23,27)(H,24,25). The SMILES string of the molecule is CC(CO)c1cc(F)c(-c2cc(C(N)=O)c(Nc3cc(F)ccn3)s2)c(F)c1. The Morgan fingerprint density at radius 3 is 2.50 bits per heavy atom. The summed E-state index contributed by atoms with van der Waals surface area (Å²) in [5.74, 6) is -3.33. The number of carbonyl (C=O) groups excluding carboxylic acids is 1. The molecular formula is C19H16F3N3O2S. The van der Waals surface area contributed by atoms with E-state index in [1.165, 1.54) is 12.3 Å². The molecule has 3 aromatic rings. The van der Waals surface area contributed by atoms with Gasteiger partial charge in [0.15, 0.2) is 0 Å². The third-order valence-electron chi connectivity index (χ3n) is 4.11.